The number of piperazine rings is 1. The third kappa shape index (κ3) is 4.59. The number of anilines is 1. The van der Waals surface area contributed by atoms with Crippen molar-refractivity contribution in [2.24, 2.45) is 0 Å². The van der Waals surface area contributed by atoms with Gasteiger partial charge in [-0.05, 0) is 31.0 Å². The van der Waals surface area contributed by atoms with Crippen molar-refractivity contribution in [3.8, 4) is 11.5 Å². The molecule has 1 saturated heterocycles. The number of ether oxygens (including phenoxy) is 2. The van der Waals surface area contributed by atoms with Gasteiger partial charge in [0.25, 0.3) is 5.91 Å². The van der Waals surface area contributed by atoms with Crippen LogP contribution >= 0.6 is 0 Å². The number of amides is 1. The molecular weight excluding hydrogens is 370 g/mol. The van der Waals surface area contributed by atoms with E-state index in [2.05, 4.69) is 40.1 Å². The Kier molecular flexibility index (Phi) is 5.80. The average molecular weight is 397 g/mol. The molecule has 1 fully saturated rings. The molecule has 2 aliphatic heterocycles. The first-order valence-electron chi connectivity index (χ1n) is 10.1. The molecule has 1 aromatic heterocycles. The molecule has 1 atom stereocenters. The number of hydrogen-bond donors (Lipinski definition) is 1. The number of carbonyl (C=O) groups excluding carboxylic acids is 1. The minimum Gasteiger partial charge on any atom is -0.454 e. The van der Waals surface area contributed by atoms with E-state index in [-0.39, 0.29) is 12.7 Å². The lowest BCUT2D eigenvalue weighted by atomic mass is 10.1. The van der Waals surface area contributed by atoms with Crippen molar-refractivity contribution in [2.45, 2.75) is 32.9 Å². The van der Waals surface area contributed by atoms with E-state index in [0.717, 1.165) is 37.6 Å². The molecule has 4 rings (SSSR count). The van der Waals surface area contributed by atoms with Gasteiger partial charge in [-0.1, -0.05) is 13.0 Å². The summed E-state index contributed by atoms with van der Waals surface area (Å²) in [7, 11) is 0. The second-order valence-electron chi connectivity index (χ2n) is 7.50. The van der Waals surface area contributed by atoms with Crippen LogP contribution in [0.2, 0.25) is 0 Å². The Balaban J connectivity index is 1.29. The molecule has 3 heterocycles. The molecular formula is C21H27N5O3. The van der Waals surface area contributed by atoms with Gasteiger partial charge in [-0.15, -0.1) is 0 Å². The monoisotopic (exact) mass is 397 g/mol. The number of fused-ring (bicyclic) bond motifs is 1. The van der Waals surface area contributed by atoms with E-state index in [4.69, 9.17) is 9.47 Å². The van der Waals surface area contributed by atoms with E-state index in [1.54, 1.807) is 12.4 Å². The van der Waals surface area contributed by atoms with Crippen LogP contribution in [0.4, 0.5) is 5.95 Å². The molecule has 0 bridgehead atoms. The zero-order valence-electron chi connectivity index (χ0n) is 16.9. The van der Waals surface area contributed by atoms with E-state index in [1.807, 2.05) is 17.0 Å². The molecule has 1 unspecified atom stereocenters. The maximum absolute atomic E-state index is 12.8. The van der Waals surface area contributed by atoms with Crippen molar-refractivity contribution in [3.63, 3.8) is 0 Å². The van der Waals surface area contributed by atoms with Gasteiger partial charge in [-0.2, -0.15) is 0 Å². The predicted molar refractivity (Wildman–Crippen MR) is 109 cm³/mol. The Morgan fingerprint density at radius 3 is 2.59 bits per heavy atom. The van der Waals surface area contributed by atoms with Crippen molar-refractivity contribution >= 4 is 11.9 Å². The fraction of sp³-hybridized carbons (Fsp3) is 0.476. The normalized spacial score (nSPS) is 17.2. The number of aromatic nitrogens is 2. The maximum atomic E-state index is 12.8. The summed E-state index contributed by atoms with van der Waals surface area (Å²) in [5.41, 5.74) is 1.72. The lowest BCUT2D eigenvalue weighted by Gasteiger charge is -2.34. The summed E-state index contributed by atoms with van der Waals surface area (Å²) < 4.78 is 10.8. The molecule has 1 aromatic carbocycles. The largest absolute Gasteiger partial charge is 0.454 e. The predicted octanol–water partition coefficient (Wildman–Crippen LogP) is 2.37. The van der Waals surface area contributed by atoms with E-state index < -0.39 is 0 Å². The Morgan fingerprint density at radius 1 is 1.14 bits per heavy atom. The number of nitrogens with zero attached hydrogens (tertiary/aromatic N) is 4. The highest BCUT2D eigenvalue weighted by molar-refractivity contribution is 5.93. The molecule has 1 amide bonds. The van der Waals surface area contributed by atoms with Crippen LogP contribution < -0.4 is 14.8 Å². The summed E-state index contributed by atoms with van der Waals surface area (Å²) in [6.07, 6.45) is 4.21. The van der Waals surface area contributed by atoms with Crippen molar-refractivity contribution in [2.75, 3.05) is 38.3 Å². The number of carbonyl (C=O) groups is 1. The van der Waals surface area contributed by atoms with Crippen molar-refractivity contribution in [1.29, 1.82) is 0 Å². The van der Waals surface area contributed by atoms with Crippen molar-refractivity contribution < 1.29 is 14.3 Å². The smallest absolute Gasteiger partial charge is 0.257 e. The minimum atomic E-state index is -0.0113. The van der Waals surface area contributed by atoms with Crippen molar-refractivity contribution in [1.82, 2.24) is 19.8 Å². The lowest BCUT2D eigenvalue weighted by molar-refractivity contribution is 0.0627. The van der Waals surface area contributed by atoms with Crippen LogP contribution in [0, 0.1) is 0 Å². The summed E-state index contributed by atoms with van der Waals surface area (Å²) in [5.74, 6) is 2.16. The van der Waals surface area contributed by atoms with Gasteiger partial charge >= 0.3 is 0 Å². The highest BCUT2D eigenvalue weighted by Crippen LogP contribution is 2.32. The first-order chi connectivity index (χ1) is 14.1. The Morgan fingerprint density at radius 2 is 1.86 bits per heavy atom. The fourth-order valence-electron chi connectivity index (χ4n) is 3.42. The molecule has 154 valence electrons. The average Bonchev–Trinajstić information content (AvgIpc) is 3.22. The topological polar surface area (TPSA) is 79.8 Å². The van der Waals surface area contributed by atoms with Crippen LogP contribution in [-0.2, 0) is 6.54 Å². The summed E-state index contributed by atoms with van der Waals surface area (Å²) in [5, 5.41) is 3.21. The van der Waals surface area contributed by atoms with Crippen LogP contribution in [0.25, 0.3) is 0 Å². The summed E-state index contributed by atoms with van der Waals surface area (Å²) in [6.45, 7) is 8.33. The van der Waals surface area contributed by atoms with Gasteiger partial charge in [-0.25, -0.2) is 9.97 Å². The molecule has 1 N–H and O–H groups in total. The molecule has 0 aliphatic carbocycles. The van der Waals surface area contributed by atoms with Crippen LogP contribution in [-0.4, -0.2) is 64.7 Å². The molecule has 8 heteroatoms. The zero-order chi connectivity index (χ0) is 20.2. The van der Waals surface area contributed by atoms with Gasteiger partial charge in [0, 0.05) is 51.2 Å². The number of nitrogens with one attached hydrogen (secondary N) is 1. The first kappa shape index (κ1) is 19.4. The first-order valence-corrected chi connectivity index (χ1v) is 10.1. The van der Waals surface area contributed by atoms with Crippen LogP contribution in [0.3, 0.4) is 0 Å². The van der Waals surface area contributed by atoms with Gasteiger partial charge in [-0.3, -0.25) is 9.69 Å². The number of rotatable bonds is 6. The third-order valence-electron chi connectivity index (χ3n) is 5.39. The fourth-order valence-corrected chi connectivity index (χ4v) is 3.42. The van der Waals surface area contributed by atoms with E-state index >= 15 is 0 Å². The summed E-state index contributed by atoms with van der Waals surface area (Å²) in [4.78, 5) is 25.5. The van der Waals surface area contributed by atoms with Gasteiger partial charge < -0.3 is 19.7 Å². The Bertz CT molecular complexity index is 850. The zero-order valence-corrected chi connectivity index (χ0v) is 16.9. The van der Waals surface area contributed by atoms with Gasteiger partial charge in [0.2, 0.25) is 12.7 Å². The van der Waals surface area contributed by atoms with Gasteiger partial charge in [0.15, 0.2) is 11.5 Å². The minimum absolute atomic E-state index is 0.0113. The molecule has 2 aliphatic rings. The third-order valence-corrected chi connectivity index (χ3v) is 5.39. The molecule has 0 saturated carbocycles. The van der Waals surface area contributed by atoms with E-state index in [9.17, 15) is 4.79 Å². The quantitative estimate of drug-likeness (QED) is 0.802. The van der Waals surface area contributed by atoms with E-state index in [0.29, 0.717) is 30.6 Å². The van der Waals surface area contributed by atoms with E-state index in [1.165, 1.54) is 5.56 Å². The SMILES string of the molecule is CCC(C)Nc1ncc(C(=O)N2CCN(Cc3ccc4c(c3)OCO4)CC2)cn1. The van der Waals surface area contributed by atoms with Crippen LogP contribution in [0.1, 0.15) is 36.2 Å². The standard InChI is InChI=1S/C21H27N5O3/c1-3-15(2)24-21-22-11-17(12-23-21)20(27)26-8-6-25(7-9-26)13-16-4-5-18-19(10-16)29-14-28-18/h4-5,10-12,15H,3,6-9,13-14H2,1-2H3,(H,22,23,24). The molecule has 2 aromatic rings. The van der Waals surface area contributed by atoms with Crippen LogP contribution in [0.15, 0.2) is 30.6 Å². The molecule has 29 heavy (non-hydrogen) atoms. The second kappa shape index (κ2) is 8.65. The lowest BCUT2D eigenvalue weighted by Crippen LogP contribution is -2.48. The van der Waals surface area contributed by atoms with Crippen LogP contribution in [0.5, 0.6) is 11.5 Å². The Hall–Kier alpha value is -2.87. The number of benzene rings is 1. The van der Waals surface area contributed by atoms with Gasteiger partial charge in [0.1, 0.15) is 0 Å². The number of hydrogen-bond acceptors (Lipinski definition) is 7. The maximum Gasteiger partial charge on any atom is 0.257 e. The molecule has 0 spiro atoms. The molecule has 0 radical (unpaired) electrons. The molecule has 8 nitrogen and oxygen atoms in total. The Labute approximate surface area is 170 Å². The summed E-state index contributed by atoms with van der Waals surface area (Å²) >= 11 is 0. The summed E-state index contributed by atoms with van der Waals surface area (Å²) in [6, 6.07) is 6.36. The second-order valence-corrected chi connectivity index (χ2v) is 7.50. The van der Waals surface area contributed by atoms with Crippen molar-refractivity contribution in [3.05, 3.63) is 41.7 Å². The highest BCUT2D eigenvalue weighted by Gasteiger charge is 2.23. The van der Waals surface area contributed by atoms with Gasteiger partial charge in [0.05, 0.1) is 5.56 Å². The highest BCUT2D eigenvalue weighted by atomic mass is 16.7.